The van der Waals surface area contributed by atoms with E-state index in [9.17, 15) is 9.59 Å². The molecule has 17 heavy (non-hydrogen) atoms. The Kier molecular flexibility index (Phi) is 4.74. The Labute approximate surface area is 108 Å². The molecule has 6 heteroatoms. The average molecular weight is 304 g/mol. The van der Waals surface area contributed by atoms with Gasteiger partial charge in [-0.2, -0.15) is 0 Å². The zero-order valence-corrected chi connectivity index (χ0v) is 11.2. The smallest absolute Gasteiger partial charge is 0.323 e. The molecule has 0 aromatic carbocycles. The Morgan fingerprint density at radius 3 is 2.65 bits per heavy atom. The molecular weight excluding hydrogens is 290 g/mol. The minimum absolute atomic E-state index is 0.131. The van der Waals surface area contributed by atoms with Gasteiger partial charge in [0.25, 0.3) is 5.91 Å². The second-order valence-electron chi connectivity index (χ2n) is 3.68. The van der Waals surface area contributed by atoms with Crippen LogP contribution in [-0.2, 0) is 4.79 Å². The summed E-state index contributed by atoms with van der Waals surface area (Å²) in [6.45, 7) is 3.36. The van der Waals surface area contributed by atoms with Crippen molar-refractivity contribution >= 4 is 27.8 Å². The van der Waals surface area contributed by atoms with Crippen molar-refractivity contribution in [2.24, 2.45) is 0 Å². The zero-order chi connectivity index (χ0) is 13.0. The third kappa shape index (κ3) is 3.33. The lowest BCUT2D eigenvalue weighted by atomic mass is 10.2. The molecule has 1 heterocycles. The van der Waals surface area contributed by atoms with Crippen LogP contribution < -0.4 is 0 Å². The van der Waals surface area contributed by atoms with E-state index in [1.807, 2.05) is 6.92 Å². The number of hydrogen-bond donors (Lipinski definition) is 1. The van der Waals surface area contributed by atoms with Gasteiger partial charge in [-0.15, -0.1) is 0 Å². The topological polar surface area (TPSA) is 70.8 Å². The SMILES string of the molecule is CCC(C)N(CC(=O)O)C(=O)c1occc1Br. The molecule has 1 aromatic rings. The van der Waals surface area contributed by atoms with Crippen LogP contribution in [0.1, 0.15) is 30.8 Å². The van der Waals surface area contributed by atoms with Crippen LogP contribution >= 0.6 is 15.9 Å². The lowest BCUT2D eigenvalue weighted by molar-refractivity contribution is -0.138. The highest BCUT2D eigenvalue weighted by molar-refractivity contribution is 9.10. The number of halogens is 1. The maximum atomic E-state index is 12.1. The number of carboxylic acid groups (broad SMARTS) is 1. The minimum atomic E-state index is -1.04. The van der Waals surface area contributed by atoms with Gasteiger partial charge in [0.2, 0.25) is 5.76 Å². The normalized spacial score (nSPS) is 12.2. The highest BCUT2D eigenvalue weighted by atomic mass is 79.9. The van der Waals surface area contributed by atoms with E-state index in [0.29, 0.717) is 10.9 Å². The standard InChI is InChI=1S/C11H14BrNO4/c1-3-7(2)13(6-9(14)15)11(16)10-8(12)4-5-17-10/h4-5,7H,3,6H2,1-2H3,(H,14,15). The molecule has 94 valence electrons. The molecule has 0 aliphatic rings. The molecule has 5 nitrogen and oxygen atoms in total. The summed E-state index contributed by atoms with van der Waals surface area (Å²) in [6.07, 6.45) is 2.06. The Balaban J connectivity index is 2.94. The highest BCUT2D eigenvalue weighted by Crippen LogP contribution is 2.20. The van der Waals surface area contributed by atoms with Crippen LogP contribution in [0.15, 0.2) is 21.2 Å². The summed E-state index contributed by atoms with van der Waals surface area (Å²) in [5.41, 5.74) is 0. The van der Waals surface area contributed by atoms with E-state index in [1.165, 1.54) is 11.2 Å². The first-order valence-corrected chi connectivity index (χ1v) is 6.02. The largest absolute Gasteiger partial charge is 0.480 e. The molecule has 0 aliphatic carbocycles. The van der Waals surface area contributed by atoms with Crippen molar-refractivity contribution < 1.29 is 19.1 Å². The summed E-state index contributed by atoms with van der Waals surface area (Å²) in [5, 5.41) is 8.81. The van der Waals surface area contributed by atoms with E-state index in [2.05, 4.69) is 15.9 Å². The molecule has 0 fully saturated rings. The van der Waals surface area contributed by atoms with Gasteiger partial charge in [0.05, 0.1) is 10.7 Å². The summed E-state index contributed by atoms with van der Waals surface area (Å²) < 4.78 is 5.58. The molecule has 0 spiro atoms. The molecular formula is C11H14BrNO4. The monoisotopic (exact) mass is 303 g/mol. The third-order valence-corrected chi connectivity index (χ3v) is 3.13. The number of rotatable bonds is 5. The molecule has 1 amide bonds. The molecule has 1 rings (SSSR count). The van der Waals surface area contributed by atoms with Crippen molar-refractivity contribution in [1.82, 2.24) is 4.90 Å². The van der Waals surface area contributed by atoms with E-state index in [0.717, 1.165) is 0 Å². The van der Waals surface area contributed by atoms with Crippen LogP contribution in [-0.4, -0.2) is 34.5 Å². The molecule has 0 radical (unpaired) electrons. The number of nitrogens with zero attached hydrogens (tertiary/aromatic N) is 1. The molecule has 0 saturated heterocycles. The molecule has 1 atom stereocenters. The highest BCUT2D eigenvalue weighted by Gasteiger charge is 2.26. The summed E-state index contributed by atoms with van der Waals surface area (Å²) in [7, 11) is 0. The quantitative estimate of drug-likeness (QED) is 0.906. The number of furan rings is 1. The number of carbonyl (C=O) groups is 2. The van der Waals surface area contributed by atoms with Crippen LogP contribution in [0.3, 0.4) is 0 Å². The predicted molar refractivity (Wildman–Crippen MR) is 64.8 cm³/mol. The van der Waals surface area contributed by atoms with E-state index in [4.69, 9.17) is 9.52 Å². The van der Waals surface area contributed by atoms with Gasteiger partial charge >= 0.3 is 5.97 Å². The fourth-order valence-corrected chi connectivity index (χ4v) is 1.74. The predicted octanol–water partition coefficient (Wildman–Crippen LogP) is 2.37. The van der Waals surface area contributed by atoms with Gasteiger partial charge in [-0.25, -0.2) is 0 Å². The third-order valence-electron chi connectivity index (χ3n) is 2.50. The molecule has 0 aliphatic heterocycles. The summed E-state index contributed by atoms with van der Waals surface area (Å²) in [6, 6.07) is 1.44. The first-order valence-electron chi connectivity index (χ1n) is 5.23. The zero-order valence-electron chi connectivity index (χ0n) is 9.64. The van der Waals surface area contributed by atoms with E-state index in [1.54, 1.807) is 13.0 Å². The Morgan fingerprint density at radius 1 is 1.59 bits per heavy atom. The van der Waals surface area contributed by atoms with Crippen molar-refractivity contribution in [3.63, 3.8) is 0 Å². The molecule has 0 bridgehead atoms. The van der Waals surface area contributed by atoms with Crippen LogP contribution in [0.2, 0.25) is 0 Å². The Bertz CT molecular complexity index is 415. The molecule has 1 unspecified atom stereocenters. The van der Waals surface area contributed by atoms with Crippen LogP contribution in [0.4, 0.5) is 0 Å². The van der Waals surface area contributed by atoms with E-state index >= 15 is 0 Å². The second-order valence-corrected chi connectivity index (χ2v) is 4.54. The second kappa shape index (κ2) is 5.86. The van der Waals surface area contributed by atoms with E-state index in [-0.39, 0.29) is 18.3 Å². The van der Waals surface area contributed by atoms with Crippen LogP contribution in [0, 0.1) is 0 Å². The van der Waals surface area contributed by atoms with Gasteiger partial charge in [-0.1, -0.05) is 6.92 Å². The van der Waals surface area contributed by atoms with Gasteiger partial charge in [0.1, 0.15) is 6.54 Å². The Morgan fingerprint density at radius 2 is 2.24 bits per heavy atom. The number of carbonyl (C=O) groups excluding carboxylic acids is 1. The van der Waals surface area contributed by atoms with E-state index < -0.39 is 11.9 Å². The van der Waals surface area contributed by atoms with Gasteiger partial charge in [-0.05, 0) is 35.3 Å². The first-order chi connectivity index (χ1) is 7.97. The van der Waals surface area contributed by atoms with Crippen molar-refractivity contribution in [2.75, 3.05) is 6.54 Å². The van der Waals surface area contributed by atoms with Crippen LogP contribution in [0.25, 0.3) is 0 Å². The first kappa shape index (κ1) is 13.8. The van der Waals surface area contributed by atoms with Gasteiger partial charge in [-0.3, -0.25) is 9.59 Å². The van der Waals surface area contributed by atoms with Crippen molar-refractivity contribution in [3.8, 4) is 0 Å². The Hall–Kier alpha value is -1.30. The number of carboxylic acids is 1. The molecule has 0 saturated carbocycles. The summed E-state index contributed by atoms with van der Waals surface area (Å²) in [5.74, 6) is -1.33. The minimum Gasteiger partial charge on any atom is -0.480 e. The number of aliphatic carboxylic acids is 1. The lowest BCUT2D eigenvalue weighted by Gasteiger charge is -2.26. The van der Waals surface area contributed by atoms with Crippen LogP contribution in [0.5, 0.6) is 0 Å². The van der Waals surface area contributed by atoms with Gasteiger partial charge in [0.15, 0.2) is 0 Å². The van der Waals surface area contributed by atoms with Crippen molar-refractivity contribution in [3.05, 3.63) is 22.6 Å². The summed E-state index contributed by atoms with van der Waals surface area (Å²) in [4.78, 5) is 24.1. The fraction of sp³-hybridized carbons (Fsp3) is 0.455. The average Bonchev–Trinajstić information content (AvgIpc) is 2.70. The maximum absolute atomic E-state index is 12.1. The van der Waals surface area contributed by atoms with Gasteiger partial charge in [0, 0.05) is 6.04 Å². The summed E-state index contributed by atoms with van der Waals surface area (Å²) >= 11 is 3.18. The number of amides is 1. The fourth-order valence-electron chi connectivity index (χ4n) is 1.37. The molecule has 1 N–H and O–H groups in total. The van der Waals surface area contributed by atoms with Gasteiger partial charge < -0.3 is 14.4 Å². The maximum Gasteiger partial charge on any atom is 0.323 e. The lowest BCUT2D eigenvalue weighted by Crippen LogP contribution is -2.41. The molecule has 1 aromatic heterocycles. The number of hydrogen-bond acceptors (Lipinski definition) is 3. The van der Waals surface area contributed by atoms with Crippen molar-refractivity contribution in [1.29, 1.82) is 0 Å². The van der Waals surface area contributed by atoms with Crippen molar-refractivity contribution in [2.45, 2.75) is 26.3 Å².